The van der Waals surface area contributed by atoms with Crippen molar-refractivity contribution in [2.24, 2.45) is 5.73 Å². The molecule has 41 valence electrons. The van der Waals surface area contributed by atoms with Gasteiger partial charge in [-0.2, -0.15) is 0 Å². The minimum atomic E-state index is -0.991. The number of hydrogen-bond acceptors (Lipinski definition) is 2. The Hall–Kier alpha value is -0.570. The van der Waals surface area contributed by atoms with Crippen LogP contribution in [-0.4, -0.2) is 17.1 Å². The molecule has 0 saturated heterocycles. The topological polar surface area (TPSA) is 63.3 Å². The fourth-order valence-corrected chi connectivity index (χ4v) is 0.123. The van der Waals surface area contributed by atoms with Gasteiger partial charge in [0.1, 0.15) is 6.04 Å². The molecule has 0 saturated carbocycles. The van der Waals surface area contributed by atoms with Crippen molar-refractivity contribution in [2.75, 3.05) is 0 Å². The lowest BCUT2D eigenvalue weighted by Gasteiger charge is -1.97. The van der Waals surface area contributed by atoms with Gasteiger partial charge in [-0.15, -0.1) is 0 Å². The highest BCUT2D eigenvalue weighted by atomic mass is 16.4. The second-order valence-corrected chi connectivity index (χ2v) is 1.23. The lowest BCUT2D eigenvalue weighted by molar-refractivity contribution is -0.138. The molecule has 0 amide bonds. The van der Waals surface area contributed by atoms with Crippen LogP contribution in [0.5, 0.6) is 0 Å². The van der Waals surface area contributed by atoms with E-state index in [9.17, 15) is 4.79 Å². The first-order valence-electron chi connectivity index (χ1n) is 1.96. The van der Waals surface area contributed by atoms with Crippen molar-refractivity contribution < 1.29 is 9.90 Å². The summed E-state index contributed by atoms with van der Waals surface area (Å²) in [5.74, 6) is -0.991. The SMILES string of the molecule is [CH2]C[C@@H](N)C(=O)O. The summed E-state index contributed by atoms with van der Waals surface area (Å²) in [6, 6.07) is -0.792. The molecule has 0 unspecified atom stereocenters. The van der Waals surface area contributed by atoms with E-state index in [-0.39, 0.29) is 6.42 Å². The fraction of sp³-hybridized carbons (Fsp3) is 0.500. The third-order valence-corrected chi connectivity index (χ3v) is 0.628. The predicted octanol–water partition coefficient (Wildman–Crippen LogP) is -0.378. The number of aliphatic carboxylic acids is 1. The molecule has 3 N–H and O–H groups in total. The highest BCUT2D eigenvalue weighted by Gasteiger charge is 2.05. The van der Waals surface area contributed by atoms with Crippen LogP contribution in [0.15, 0.2) is 0 Å². The van der Waals surface area contributed by atoms with Crippen LogP contribution in [0.1, 0.15) is 6.42 Å². The van der Waals surface area contributed by atoms with Crippen molar-refractivity contribution in [3.8, 4) is 0 Å². The number of carbonyl (C=O) groups is 1. The third-order valence-electron chi connectivity index (χ3n) is 0.628. The molecule has 0 aromatic heterocycles. The third kappa shape index (κ3) is 2.17. The van der Waals surface area contributed by atoms with Gasteiger partial charge < -0.3 is 10.8 Å². The molecule has 0 aliphatic heterocycles. The molecule has 1 radical (unpaired) electrons. The Morgan fingerprint density at radius 3 is 2.43 bits per heavy atom. The maximum atomic E-state index is 9.77. The predicted molar refractivity (Wildman–Crippen MR) is 25.6 cm³/mol. The van der Waals surface area contributed by atoms with Crippen LogP contribution in [0.2, 0.25) is 0 Å². The summed E-state index contributed by atoms with van der Waals surface area (Å²) in [4.78, 5) is 9.77. The molecule has 3 nitrogen and oxygen atoms in total. The van der Waals surface area contributed by atoms with Gasteiger partial charge in [-0.25, -0.2) is 0 Å². The summed E-state index contributed by atoms with van der Waals surface area (Å²) in [6.07, 6.45) is 0.245. The van der Waals surface area contributed by atoms with Crippen molar-refractivity contribution in [1.82, 2.24) is 0 Å². The van der Waals surface area contributed by atoms with E-state index in [1.54, 1.807) is 0 Å². The largest absolute Gasteiger partial charge is 0.480 e. The van der Waals surface area contributed by atoms with E-state index in [1.165, 1.54) is 0 Å². The Labute approximate surface area is 42.1 Å². The minimum absolute atomic E-state index is 0.245. The second kappa shape index (κ2) is 2.58. The molecule has 0 aromatic rings. The van der Waals surface area contributed by atoms with Gasteiger partial charge in [0.15, 0.2) is 0 Å². The van der Waals surface area contributed by atoms with Crippen LogP contribution in [0.25, 0.3) is 0 Å². The van der Waals surface area contributed by atoms with Gasteiger partial charge in [-0.3, -0.25) is 4.79 Å². The van der Waals surface area contributed by atoms with E-state index in [4.69, 9.17) is 10.8 Å². The lowest BCUT2D eigenvalue weighted by atomic mass is 10.2. The van der Waals surface area contributed by atoms with Crippen LogP contribution in [-0.2, 0) is 4.79 Å². The lowest BCUT2D eigenvalue weighted by Crippen LogP contribution is -2.28. The van der Waals surface area contributed by atoms with Gasteiger partial charge in [0, 0.05) is 0 Å². The first kappa shape index (κ1) is 6.43. The van der Waals surface area contributed by atoms with E-state index < -0.39 is 12.0 Å². The maximum absolute atomic E-state index is 9.77. The number of nitrogens with two attached hydrogens (primary N) is 1. The summed E-state index contributed by atoms with van der Waals surface area (Å²) in [5, 5.41) is 8.02. The van der Waals surface area contributed by atoms with E-state index in [2.05, 4.69) is 6.92 Å². The Morgan fingerprint density at radius 2 is 2.43 bits per heavy atom. The van der Waals surface area contributed by atoms with Crippen LogP contribution < -0.4 is 5.73 Å². The Balaban J connectivity index is 3.34. The van der Waals surface area contributed by atoms with Gasteiger partial charge in [0.2, 0.25) is 0 Å². The van der Waals surface area contributed by atoms with Crippen molar-refractivity contribution in [2.45, 2.75) is 12.5 Å². The minimum Gasteiger partial charge on any atom is -0.480 e. The normalized spacial score (nSPS) is 13.4. The number of hydrogen-bond donors (Lipinski definition) is 2. The van der Waals surface area contributed by atoms with Crippen LogP contribution >= 0.6 is 0 Å². The summed E-state index contributed by atoms with van der Waals surface area (Å²) < 4.78 is 0. The first-order valence-corrected chi connectivity index (χ1v) is 1.96. The monoisotopic (exact) mass is 102 g/mol. The zero-order valence-electron chi connectivity index (χ0n) is 3.92. The number of carboxylic acids is 1. The van der Waals surface area contributed by atoms with Crippen molar-refractivity contribution in [3.05, 3.63) is 6.92 Å². The van der Waals surface area contributed by atoms with Crippen molar-refractivity contribution in [3.63, 3.8) is 0 Å². The molecule has 0 spiro atoms. The van der Waals surface area contributed by atoms with Gasteiger partial charge in [0.25, 0.3) is 0 Å². The summed E-state index contributed by atoms with van der Waals surface area (Å²) in [7, 11) is 0. The molecular weight excluding hydrogens is 94.0 g/mol. The van der Waals surface area contributed by atoms with Gasteiger partial charge in [-0.1, -0.05) is 6.92 Å². The average Bonchev–Trinajstić information content (AvgIpc) is 1.65. The number of carboxylic acid groups (broad SMARTS) is 1. The average molecular weight is 102 g/mol. The van der Waals surface area contributed by atoms with Gasteiger partial charge >= 0.3 is 5.97 Å². The zero-order valence-corrected chi connectivity index (χ0v) is 3.92. The Bertz CT molecular complexity index is 72.1. The summed E-state index contributed by atoms with van der Waals surface area (Å²) in [6.45, 7) is 3.30. The van der Waals surface area contributed by atoms with Gasteiger partial charge in [-0.05, 0) is 6.42 Å². The molecule has 3 heteroatoms. The summed E-state index contributed by atoms with van der Waals surface area (Å²) >= 11 is 0. The second-order valence-electron chi connectivity index (χ2n) is 1.23. The van der Waals surface area contributed by atoms with E-state index in [0.29, 0.717) is 0 Å². The quantitative estimate of drug-likeness (QED) is 0.499. The molecule has 1 atom stereocenters. The Morgan fingerprint density at radius 1 is 2.00 bits per heavy atom. The molecule has 0 fully saturated rings. The highest BCUT2D eigenvalue weighted by Crippen LogP contribution is 1.81. The summed E-state index contributed by atoms with van der Waals surface area (Å²) in [5.41, 5.74) is 4.95. The molecular formula is C4H8NO2. The van der Waals surface area contributed by atoms with Crippen LogP contribution in [0, 0.1) is 6.92 Å². The first-order chi connectivity index (χ1) is 3.18. The maximum Gasteiger partial charge on any atom is 0.320 e. The van der Waals surface area contributed by atoms with Gasteiger partial charge in [0.05, 0.1) is 0 Å². The number of rotatable bonds is 2. The van der Waals surface area contributed by atoms with Crippen molar-refractivity contribution in [1.29, 1.82) is 0 Å². The van der Waals surface area contributed by atoms with Crippen molar-refractivity contribution >= 4 is 5.97 Å². The van der Waals surface area contributed by atoms with Crippen LogP contribution in [0.4, 0.5) is 0 Å². The van der Waals surface area contributed by atoms with E-state index in [0.717, 1.165) is 0 Å². The molecule has 0 aliphatic rings. The highest BCUT2D eigenvalue weighted by molar-refractivity contribution is 5.73. The Kier molecular flexibility index (Phi) is 2.37. The zero-order chi connectivity index (χ0) is 5.86. The molecule has 0 aromatic carbocycles. The molecule has 0 rings (SSSR count). The van der Waals surface area contributed by atoms with E-state index >= 15 is 0 Å². The fourth-order valence-electron chi connectivity index (χ4n) is 0.123. The molecule has 0 bridgehead atoms. The van der Waals surface area contributed by atoms with E-state index in [1.807, 2.05) is 0 Å². The molecule has 0 heterocycles. The van der Waals surface area contributed by atoms with Crippen LogP contribution in [0.3, 0.4) is 0 Å². The standard InChI is InChI=1S/C4H8NO2/c1-2-3(5)4(6)7/h3H,1-2,5H2,(H,6,7)/t3-/m1/s1. The smallest absolute Gasteiger partial charge is 0.320 e. The molecule has 7 heavy (non-hydrogen) atoms. The molecule has 0 aliphatic carbocycles.